The molecule has 14 nitrogen and oxygen atoms in total. The number of carbonyl (C=O) groups excluding carboxylic acids is 3. The normalized spacial score (nSPS) is 20.0. The van der Waals surface area contributed by atoms with Crippen LogP contribution in [-0.4, -0.2) is 87.5 Å². The van der Waals surface area contributed by atoms with Crippen LogP contribution in [0, 0.1) is 0 Å². The Kier molecular flexibility index (Phi) is 11.5. The van der Waals surface area contributed by atoms with Crippen molar-refractivity contribution in [2.75, 3.05) is 26.2 Å². The molecule has 2 N–H and O–H groups in total. The third-order valence-electron chi connectivity index (χ3n) is 12.1. The first-order chi connectivity index (χ1) is 28.8. The third-order valence-corrected chi connectivity index (χ3v) is 12.1. The van der Waals surface area contributed by atoms with Gasteiger partial charge in [-0.05, 0) is 102 Å². The number of amides is 1. The molecule has 2 fully saturated rings. The van der Waals surface area contributed by atoms with E-state index >= 15 is 0 Å². The molecular weight excluding hydrogens is 765 g/mol. The second kappa shape index (κ2) is 16.8. The highest BCUT2D eigenvalue weighted by molar-refractivity contribution is 5.92. The van der Waals surface area contributed by atoms with Crippen molar-refractivity contribution < 1.29 is 33.4 Å². The molecule has 2 aromatic carbocycles. The Bertz CT molecular complexity index is 2380. The van der Waals surface area contributed by atoms with Crippen LogP contribution in [0.4, 0.5) is 4.79 Å². The number of aromatic nitrogens is 2. The zero-order valence-corrected chi connectivity index (χ0v) is 34.9. The summed E-state index contributed by atoms with van der Waals surface area (Å²) in [6.07, 6.45) is 7.35. The van der Waals surface area contributed by atoms with Gasteiger partial charge in [0, 0.05) is 53.8 Å². The molecular formula is C46H54N6O8. The molecule has 6 heterocycles. The van der Waals surface area contributed by atoms with Crippen molar-refractivity contribution in [1.82, 2.24) is 19.4 Å². The fourth-order valence-electron chi connectivity index (χ4n) is 8.93. The van der Waals surface area contributed by atoms with Gasteiger partial charge >= 0.3 is 18.0 Å². The number of cyclic esters (lactones) is 1. The van der Waals surface area contributed by atoms with E-state index in [1.54, 1.807) is 40.8 Å². The Morgan fingerprint density at radius 1 is 1.03 bits per heavy atom. The molecule has 0 bridgehead atoms. The van der Waals surface area contributed by atoms with Crippen molar-refractivity contribution in [2.45, 2.75) is 115 Å². The van der Waals surface area contributed by atoms with E-state index in [2.05, 4.69) is 10.1 Å². The maximum atomic E-state index is 14.3. The molecule has 14 heteroatoms. The molecule has 0 radical (unpaired) electrons. The molecule has 2 saturated heterocycles. The number of esters is 2. The highest BCUT2D eigenvalue weighted by Gasteiger charge is 2.51. The van der Waals surface area contributed by atoms with Crippen molar-refractivity contribution in [3.05, 3.63) is 92.8 Å². The third kappa shape index (κ3) is 8.14. The summed E-state index contributed by atoms with van der Waals surface area (Å²) in [5, 5.41) is 4.95. The number of piperidine rings is 2. The van der Waals surface area contributed by atoms with E-state index in [0.717, 1.165) is 42.4 Å². The second-order valence-electron chi connectivity index (χ2n) is 17.3. The first-order valence-electron chi connectivity index (χ1n) is 21.2. The number of rotatable bonds is 10. The zero-order valence-electron chi connectivity index (χ0n) is 34.9. The molecule has 0 saturated carbocycles. The summed E-state index contributed by atoms with van der Waals surface area (Å²) >= 11 is 0. The van der Waals surface area contributed by atoms with Crippen LogP contribution < -0.4 is 16.0 Å². The average molecular weight is 819 g/mol. The molecule has 4 aliphatic rings. The van der Waals surface area contributed by atoms with Crippen LogP contribution in [0.25, 0.3) is 22.3 Å². The number of nitrogens with zero attached hydrogens (tertiary/aromatic N) is 5. The molecule has 0 spiro atoms. The highest BCUT2D eigenvalue weighted by atomic mass is 16.6. The van der Waals surface area contributed by atoms with E-state index in [-0.39, 0.29) is 49.1 Å². The number of oxime groups is 1. The van der Waals surface area contributed by atoms with Crippen LogP contribution in [0.5, 0.6) is 5.75 Å². The smallest absolute Gasteiger partial charge is 0.415 e. The summed E-state index contributed by atoms with van der Waals surface area (Å²) in [6, 6.07) is 16.0. The van der Waals surface area contributed by atoms with Crippen molar-refractivity contribution in [1.29, 1.82) is 0 Å². The quantitative estimate of drug-likeness (QED) is 0.0999. The number of likely N-dealkylation sites (tertiary alicyclic amines) is 2. The minimum atomic E-state index is -1.88. The topological polar surface area (TPSA) is 168 Å². The highest BCUT2D eigenvalue weighted by Crippen LogP contribution is 2.42. The van der Waals surface area contributed by atoms with Crippen LogP contribution >= 0.6 is 0 Å². The zero-order chi connectivity index (χ0) is 42.2. The monoisotopic (exact) mass is 818 g/mol. The van der Waals surface area contributed by atoms with Gasteiger partial charge in [-0.1, -0.05) is 48.8 Å². The van der Waals surface area contributed by atoms with E-state index in [9.17, 15) is 19.2 Å². The van der Waals surface area contributed by atoms with Gasteiger partial charge in [0.05, 0.1) is 29.0 Å². The van der Waals surface area contributed by atoms with E-state index in [4.69, 9.17) is 29.8 Å². The number of hydrogen-bond donors (Lipinski definition) is 1. The Labute approximate surface area is 349 Å². The van der Waals surface area contributed by atoms with Crippen molar-refractivity contribution in [2.24, 2.45) is 10.9 Å². The fraction of sp³-hybridized carbons (Fsp3) is 0.478. The van der Waals surface area contributed by atoms with Crippen LogP contribution in [0.1, 0.15) is 94.0 Å². The Hall–Kier alpha value is -5.60. The van der Waals surface area contributed by atoms with Gasteiger partial charge in [-0.15, -0.1) is 0 Å². The van der Waals surface area contributed by atoms with Crippen molar-refractivity contribution in [3.8, 4) is 17.1 Å². The Morgan fingerprint density at radius 2 is 1.78 bits per heavy atom. The lowest BCUT2D eigenvalue weighted by atomic mass is 9.85. The van der Waals surface area contributed by atoms with Gasteiger partial charge in [-0.25, -0.2) is 14.6 Å². The number of fused-ring (bicyclic) bond motifs is 5. The lowest BCUT2D eigenvalue weighted by molar-refractivity contribution is -0.190. The lowest BCUT2D eigenvalue weighted by Crippen LogP contribution is -2.50. The average Bonchev–Trinajstić information content (AvgIpc) is 3.61. The number of nitrogens with two attached hydrogens (primary N) is 1. The molecule has 4 aromatic rings. The summed E-state index contributed by atoms with van der Waals surface area (Å²) in [5.41, 5.74) is 8.00. The molecule has 0 aliphatic carbocycles. The van der Waals surface area contributed by atoms with Crippen LogP contribution in [0.2, 0.25) is 0 Å². The molecule has 316 valence electrons. The molecule has 60 heavy (non-hydrogen) atoms. The molecule has 4 aliphatic heterocycles. The molecule has 1 amide bonds. The first kappa shape index (κ1) is 41.1. The Morgan fingerprint density at radius 3 is 2.50 bits per heavy atom. The molecule has 2 unspecified atom stereocenters. The minimum Gasteiger partial charge on any atom is -0.457 e. The van der Waals surface area contributed by atoms with Gasteiger partial charge in [0.25, 0.3) is 5.56 Å². The van der Waals surface area contributed by atoms with Gasteiger partial charge in [0.2, 0.25) is 5.60 Å². The summed E-state index contributed by atoms with van der Waals surface area (Å²) in [6.45, 7) is 10.9. The maximum absolute atomic E-state index is 14.3. The Balaban J connectivity index is 1.11. The van der Waals surface area contributed by atoms with Gasteiger partial charge < -0.3 is 39.1 Å². The van der Waals surface area contributed by atoms with E-state index < -0.39 is 35.3 Å². The standard InChI is InChI=1S/C46H54N6O8/c1-5-46(59-42(54)36(47)24-29-12-8-6-9-13-29)35-26-38-40-30(27-52(38)41(53)34(35)28-57-43(46)55)25-33-32(16-19-48-60-45(2,3)4)39(15-14-37(33)49-40)58-44(56)51-22-17-31(18-23-51)50-20-10-7-11-21-50/h6,8-9,12-15,19,25-26,31,36H,5,7,10-11,16-18,20-24,27-28,47H2,1-4H3. The number of ether oxygens (including phenoxy) is 3. The van der Waals surface area contributed by atoms with E-state index in [0.29, 0.717) is 47.3 Å². The largest absolute Gasteiger partial charge is 0.457 e. The number of benzene rings is 2. The van der Waals surface area contributed by atoms with Crippen molar-refractivity contribution >= 4 is 35.1 Å². The minimum absolute atomic E-state index is 0.0192. The maximum Gasteiger partial charge on any atom is 0.415 e. The van der Waals surface area contributed by atoms with Gasteiger partial charge in [-0.2, -0.15) is 0 Å². The van der Waals surface area contributed by atoms with Crippen LogP contribution in [0.15, 0.2) is 64.5 Å². The number of hydrogen-bond acceptors (Lipinski definition) is 12. The summed E-state index contributed by atoms with van der Waals surface area (Å²) < 4.78 is 19.3. The van der Waals surface area contributed by atoms with Crippen molar-refractivity contribution in [3.63, 3.8) is 0 Å². The van der Waals surface area contributed by atoms with Gasteiger partial charge in [0.1, 0.15) is 24.0 Å². The molecule has 8 rings (SSSR count). The second-order valence-corrected chi connectivity index (χ2v) is 17.3. The van der Waals surface area contributed by atoms with Gasteiger partial charge in [-0.3, -0.25) is 9.59 Å². The van der Waals surface area contributed by atoms with E-state index in [1.807, 2.05) is 57.2 Å². The summed E-state index contributed by atoms with van der Waals surface area (Å²) in [5.74, 6) is -1.14. The van der Waals surface area contributed by atoms with Crippen LogP contribution in [-0.2, 0) is 55.5 Å². The van der Waals surface area contributed by atoms with E-state index in [1.165, 1.54) is 19.3 Å². The molecule has 2 atom stereocenters. The SMILES string of the molecule is CCC1(OC(=O)C(N)Cc2ccccc2)C(=O)OCc2c1cc1n(c2=O)Cc2cc3c(CC=NOC(C)(C)C)c(OC(=O)N4CCC(N5CCCCC5)CC4)ccc3nc2-1. The predicted molar refractivity (Wildman–Crippen MR) is 226 cm³/mol. The van der Waals surface area contributed by atoms with Gasteiger partial charge in [0.15, 0.2) is 0 Å². The number of carbonyl (C=O) groups is 3. The first-order valence-corrected chi connectivity index (χ1v) is 21.2. The summed E-state index contributed by atoms with van der Waals surface area (Å²) in [7, 11) is 0. The summed E-state index contributed by atoms with van der Waals surface area (Å²) in [4.78, 5) is 70.2. The van der Waals surface area contributed by atoms with Crippen LogP contribution in [0.3, 0.4) is 0 Å². The lowest BCUT2D eigenvalue weighted by Gasteiger charge is -2.39. The predicted octanol–water partition coefficient (Wildman–Crippen LogP) is 5.99. The molecule has 2 aromatic heterocycles. The number of pyridine rings is 2. The fourth-order valence-corrected chi connectivity index (χ4v) is 8.93.